The molecule has 1 aromatic rings. The lowest BCUT2D eigenvalue weighted by molar-refractivity contribution is -0.121. The topological polar surface area (TPSA) is 58.2 Å². The molecule has 0 radical (unpaired) electrons. The van der Waals surface area contributed by atoms with Crippen LogP contribution < -0.4 is 10.6 Å². The molecule has 4 nitrogen and oxygen atoms in total. The molecule has 1 rings (SSSR count). The summed E-state index contributed by atoms with van der Waals surface area (Å²) in [5, 5.41) is 5.51. The predicted molar refractivity (Wildman–Crippen MR) is 67.7 cm³/mol. The highest BCUT2D eigenvalue weighted by Gasteiger charge is 2.05. The summed E-state index contributed by atoms with van der Waals surface area (Å²) in [6, 6.07) is 7.43. The second-order valence-electron chi connectivity index (χ2n) is 4.28. The van der Waals surface area contributed by atoms with Crippen molar-refractivity contribution in [3.05, 3.63) is 29.8 Å². The Morgan fingerprint density at radius 2 is 2.00 bits per heavy atom. The number of benzene rings is 1. The first-order valence-electron chi connectivity index (χ1n) is 5.63. The third kappa shape index (κ3) is 5.15. The molecule has 0 aliphatic carbocycles. The second kappa shape index (κ2) is 6.03. The Morgan fingerprint density at radius 3 is 2.59 bits per heavy atom. The number of carbonyl (C=O) groups is 2. The van der Waals surface area contributed by atoms with Crippen molar-refractivity contribution in [2.75, 3.05) is 5.32 Å². The zero-order valence-corrected chi connectivity index (χ0v) is 10.4. The van der Waals surface area contributed by atoms with Crippen LogP contribution in [0.25, 0.3) is 0 Å². The van der Waals surface area contributed by atoms with Gasteiger partial charge in [0, 0.05) is 18.7 Å². The van der Waals surface area contributed by atoms with E-state index in [1.165, 1.54) is 6.92 Å². The Balaban J connectivity index is 2.65. The lowest BCUT2D eigenvalue weighted by Gasteiger charge is -2.09. The zero-order valence-electron chi connectivity index (χ0n) is 10.4. The third-order valence-electron chi connectivity index (χ3n) is 2.06. The predicted octanol–water partition coefficient (Wildman–Crippen LogP) is 1.71. The molecule has 17 heavy (non-hydrogen) atoms. The first kappa shape index (κ1) is 13.2. The molecule has 0 aromatic heterocycles. The van der Waals surface area contributed by atoms with Crippen LogP contribution in [0.4, 0.5) is 5.69 Å². The number of hydrogen-bond acceptors (Lipinski definition) is 2. The molecule has 0 atom stereocenters. The average molecular weight is 234 g/mol. The maximum Gasteiger partial charge on any atom is 0.224 e. The molecule has 0 bridgehead atoms. The highest BCUT2D eigenvalue weighted by Crippen LogP contribution is 2.11. The Morgan fingerprint density at radius 1 is 1.29 bits per heavy atom. The highest BCUT2D eigenvalue weighted by molar-refractivity contribution is 5.89. The van der Waals surface area contributed by atoms with Gasteiger partial charge in [0.05, 0.1) is 6.42 Å². The highest BCUT2D eigenvalue weighted by atomic mass is 16.2. The minimum absolute atomic E-state index is 0.0139. The summed E-state index contributed by atoms with van der Waals surface area (Å²) < 4.78 is 0. The van der Waals surface area contributed by atoms with Crippen molar-refractivity contribution < 1.29 is 9.59 Å². The van der Waals surface area contributed by atoms with Gasteiger partial charge < -0.3 is 10.6 Å². The van der Waals surface area contributed by atoms with Gasteiger partial charge in [-0.25, -0.2) is 0 Å². The van der Waals surface area contributed by atoms with Gasteiger partial charge in [-0.15, -0.1) is 0 Å². The molecule has 0 saturated carbocycles. The van der Waals surface area contributed by atoms with Gasteiger partial charge in [-0.2, -0.15) is 0 Å². The molecule has 0 spiro atoms. The van der Waals surface area contributed by atoms with Gasteiger partial charge in [-0.3, -0.25) is 9.59 Å². The van der Waals surface area contributed by atoms with Gasteiger partial charge in [0.1, 0.15) is 0 Å². The Bertz CT molecular complexity index is 414. The summed E-state index contributed by atoms with van der Waals surface area (Å²) in [6.45, 7) is 5.30. The molecule has 92 valence electrons. The van der Waals surface area contributed by atoms with E-state index in [1.54, 1.807) is 12.1 Å². The van der Waals surface area contributed by atoms with Crippen LogP contribution in [0, 0.1) is 0 Å². The van der Waals surface area contributed by atoms with E-state index in [-0.39, 0.29) is 17.9 Å². The van der Waals surface area contributed by atoms with Crippen LogP contribution in [-0.4, -0.2) is 17.9 Å². The number of hydrogen-bond donors (Lipinski definition) is 2. The van der Waals surface area contributed by atoms with Gasteiger partial charge in [0.15, 0.2) is 0 Å². The monoisotopic (exact) mass is 234 g/mol. The number of carbonyl (C=O) groups excluding carboxylic acids is 2. The SMILES string of the molecule is CC(=O)Nc1cccc(CC(=O)NC(C)C)c1. The minimum atomic E-state index is -0.117. The molecular formula is C13H18N2O2. The third-order valence-corrected chi connectivity index (χ3v) is 2.06. The first-order chi connectivity index (χ1) is 7.97. The lowest BCUT2D eigenvalue weighted by atomic mass is 10.1. The lowest BCUT2D eigenvalue weighted by Crippen LogP contribution is -2.31. The molecule has 1 aromatic carbocycles. The molecule has 0 aliphatic rings. The van der Waals surface area contributed by atoms with Gasteiger partial charge in [-0.05, 0) is 31.5 Å². The van der Waals surface area contributed by atoms with Crippen LogP contribution in [0.5, 0.6) is 0 Å². The molecule has 0 aliphatic heterocycles. The zero-order chi connectivity index (χ0) is 12.8. The molecule has 2 N–H and O–H groups in total. The summed E-state index contributed by atoms with van der Waals surface area (Å²) >= 11 is 0. The van der Waals surface area contributed by atoms with Crippen LogP contribution in [0.3, 0.4) is 0 Å². The quantitative estimate of drug-likeness (QED) is 0.833. The molecule has 0 heterocycles. The molecule has 0 fully saturated rings. The average Bonchev–Trinajstić information content (AvgIpc) is 2.14. The van der Waals surface area contributed by atoms with Crippen molar-refractivity contribution >= 4 is 17.5 Å². The number of amides is 2. The van der Waals surface area contributed by atoms with Crippen LogP contribution in [-0.2, 0) is 16.0 Å². The van der Waals surface area contributed by atoms with E-state index in [9.17, 15) is 9.59 Å². The summed E-state index contributed by atoms with van der Waals surface area (Å²) in [5.41, 5.74) is 1.60. The summed E-state index contributed by atoms with van der Waals surface area (Å²) in [6.07, 6.45) is 0.325. The fourth-order valence-corrected chi connectivity index (χ4v) is 1.52. The second-order valence-corrected chi connectivity index (χ2v) is 4.28. The molecule has 0 unspecified atom stereocenters. The van der Waals surface area contributed by atoms with E-state index in [0.29, 0.717) is 12.1 Å². The van der Waals surface area contributed by atoms with Crippen LogP contribution >= 0.6 is 0 Å². The Kier molecular flexibility index (Phi) is 4.69. The van der Waals surface area contributed by atoms with Gasteiger partial charge in [0.25, 0.3) is 0 Å². The summed E-state index contributed by atoms with van der Waals surface area (Å²) in [7, 11) is 0. The minimum Gasteiger partial charge on any atom is -0.354 e. The van der Waals surface area contributed by atoms with Crippen molar-refractivity contribution in [1.82, 2.24) is 5.32 Å². The van der Waals surface area contributed by atoms with E-state index in [4.69, 9.17) is 0 Å². The van der Waals surface area contributed by atoms with E-state index in [1.807, 2.05) is 26.0 Å². The summed E-state index contributed by atoms with van der Waals surface area (Å²) in [5.74, 6) is -0.131. The van der Waals surface area contributed by atoms with Crippen molar-refractivity contribution in [2.45, 2.75) is 33.2 Å². The molecule has 0 saturated heterocycles. The van der Waals surface area contributed by atoms with Gasteiger partial charge in [-0.1, -0.05) is 12.1 Å². The van der Waals surface area contributed by atoms with Crippen molar-refractivity contribution in [2.24, 2.45) is 0 Å². The van der Waals surface area contributed by atoms with Crippen molar-refractivity contribution in [3.63, 3.8) is 0 Å². The standard InChI is InChI=1S/C13H18N2O2/c1-9(2)14-13(17)8-11-5-4-6-12(7-11)15-10(3)16/h4-7,9H,8H2,1-3H3,(H,14,17)(H,15,16). The van der Waals surface area contributed by atoms with E-state index >= 15 is 0 Å². The van der Waals surface area contributed by atoms with Crippen LogP contribution in [0.1, 0.15) is 26.3 Å². The number of rotatable bonds is 4. The van der Waals surface area contributed by atoms with Crippen LogP contribution in [0.2, 0.25) is 0 Å². The van der Waals surface area contributed by atoms with Crippen molar-refractivity contribution in [1.29, 1.82) is 0 Å². The number of anilines is 1. The fraction of sp³-hybridized carbons (Fsp3) is 0.385. The molecule has 2 amide bonds. The van der Waals surface area contributed by atoms with Crippen LogP contribution in [0.15, 0.2) is 24.3 Å². The van der Waals surface area contributed by atoms with Crippen molar-refractivity contribution in [3.8, 4) is 0 Å². The normalized spacial score (nSPS) is 10.1. The Labute approximate surface area is 101 Å². The number of nitrogens with one attached hydrogen (secondary N) is 2. The smallest absolute Gasteiger partial charge is 0.224 e. The Hall–Kier alpha value is -1.84. The van der Waals surface area contributed by atoms with Gasteiger partial charge in [0.2, 0.25) is 11.8 Å². The van der Waals surface area contributed by atoms with E-state index in [0.717, 1.165) is 5.56 Å². The molecule has 4 heteroatoms. The maximum atomic E-state index is 11.6. The van der Waals surface area contributed by atoms with Gasteiger partial charge >= 0.3 is 0 Å². The first-order valence-corrected chi connectivity index (χ1v) is 5.63. The fourth-order valence-electron chi connectivity index (χ4n) is 1.52. The van der Waals surface area contributed by atoms with E-state index in [2.05, 4.69) is 10.6 Å². The molecular weight excluding hydrogens is 216 g/mol. The van der Waals surface area contributed by atoms with E-state index < -0.39 is 0 Å². The largest absolute Gasteiger partial charge is 0.354 e. The maximum absolute atomic E-state index is 11.6. The summed E-state index contributed by atoms with van der Waals surface area (Å²) in [4.78, 5) is 22.5.